The lowest BCUT2D eigenvalue weighted by Crippen LogP contribution is -2.31. The summed E-state index contributed by atoms with van der Waals surface area (Å²) in [5, 5.41) is 10.0. The lowest BCUT2D eigenvalue weighted by molar-refractivity contribution is 0.0716. The third-order valence-electron chi connectivity index (χ3n) is 4.55. The number of rotatable bonds is 2. The molecular weight excluding hydrogens is 307 g/mol. The van der Waals surface area contributed by atoms with Crippen molar-refractivity contribution in [3.8, 4) is 0 Å². The summed E-state index contributed by atoms with van der Waals surface area (Å²) in [6, 6.07) is 13.5. The van der Waals surface area contributed by atoms with Gasteiger partial charge in [0.25, 0.3) is 5.91 Å². The average molecular weight is 324 g/mol. The highest BCUT2D eigenvalue weighted by molar-refractivity contribution is 5.96. The van der Waals surface area contributed by atoms with Crippen molar-refractivity contribution in [2.45, 2.75) is 18.6 Å². The number of fused-ring (bicyclic) bond motifs is 1. The van der Waals surface area contributed by atoms with E-state index in [0.29, 0.717) is 12.0 Å². The van der Waals surface area contributed by atoms with Gasteiger partial charge in [-0.05, 0) is 42.3 Å². The van der Waals surface area contributed by atoms with Crippen molar-refractivity contribution in [3.63, 3.8) is 0 Å². The fourth-order valence-corrected chi connectivity index (χ4v) is 3.38. The van der Waals surface area contributed by atoms with E-state index in [2.05, 4.69) is 0 Å². The number of halogens is 1. The van der Waals surface area contributed by atoms with Crippen LogP contribution >= 0.6 is 0 Å². The van der Waals surface area contributed by atoms with E-state index in [9.17, 15) is 14.3 Å². The maximum absolute atomic E-state index is 13.2. The molecule has 5 heteroatoms. The molecule has 0 spiro atoms. The number of aromatic nitrogens is 1. The van der Waals surface area contributed by atoms with Crippen LogP contribution in [-0.2, 0) is 0 Å². The number of amides is 1. The van der Waals surface area contributed by atoms with Crippen LogP contribution in [0, 0.1) is 5.82 Å². The Morgan fingerprint density at radius 2 is 1.96 bits per heavy atom. The Bertz CT molecular complexity index is 855. The quantitative estimate of drug-likeness (QED) is 0.787. The number of carbonyl (C=O) groups excluding carboxylic acids is 1. The maximum atomic E-state index is 13.2. The summed E-state index contributed by atoms with van der Waals surface area (Å²) in [6.07, 6.45) is 3.58. The van der Waals surface area contributed by atoms with E-state index in [1.54, 1.807) is 23.2 Å². The fraction of sp³-hybridized carbons (Fsp3) is 0.211. The molecule has 0 unspecified atom stereocenters. The van der Waals surface area contributed by atoms with E-state index in [0.717, 1.165) is 11.1 Å². The monoisotopic (exact) mass is 324 g/mol. The smallest absolute Gasteiger partial charge is 0.256 e. The zero-order valence-electron chi connectivity index (χ0n) is 13.0. The van der Waals surface area contributed by atoms with Crippen LogP contribution in [0.3, 0.4) is 0 Å². The number of aliphatic hydroxyl groups is 1. The molecule has 1 N–H and O–H groups in total. The van der Waals surface area contributed by atoms with Gasteiger partial charge in [-0.2, -0.15) is 0 Å². The molecule has 4 rings (SSSR count). The summed E-state index contributed by atoms with van der Waals surface area (Å²) < 4.78 is 15.1. The topological polar surface area (TPSA) is 45.0 Å². The third-order valence-corrected chi connectivity index (χ3v) is 4.55. The Morgan fingerprint density at radius 1 is 1.17 bits per heavy atom. The van der Waals surface area contributed by atoms with E-state index < -0.39 is 6.10 Å². The molecule has 1 fully saturated rings. The van der Waals surface area contributed by atoms with Crippen LogP contribution in [0.15, 0.2) is 60.9 Å². The first-order valence-electron chi connectivity index (χ1n) is 7.93. The van der Waals surface area contributed by atoms with Gasteiger partial charge in [0.05, 0.1) is 17.7 Å². The van der Waals surface area contributed by atoms with Crippen LogP contribution in [-0.4, -0.2) is 33.0 Å². The maximum Gasteiger partial charge on any atom is 0.256 e. The second kappa shape index (κ2) is 5.76. The molecule has 1 aliphatic rings. The average Bonchev–Trinajstić information content (AvgIpc) is 3.18. The van der Waals surface area contributed by atoms with Crippen molar-refractivity contribution in [1.29, 1.82) is 0 Å². The minimum Gasteiger partial charge on any atom is -0.391 e. The highest BCUT2D eigenvalue weighted by atomic mass is 19.1. The molecule has 1 aliphatic heterocycles. The van der Waals surface area contributed by atoms with Crippen molar-refractivity contribution in [1.82, 2.24) is 9.30 Å². The normalized spacial score (nSPS) is 20.7. The number of hydrogen-bond acceptors (Lipinski definition) is 2. The molecule has 3 aromatic rings. The molecule has 0 aliphatic carbocycles. The zero-order valence-corrected chi connectivity index (χ0v) is 13.0. The Morgan fingerprint density at radius 3 is 2.71 bits per heavy atom. The standard InChI is InChI=1S/C19H17FN2O2/c20-15-6-4-13(5-7-15)18-10-17(23)12-22(18)19(24)14-9-16-3-1-2-8-21(16)11-14/h1-9,11,17-18,23H,10,12H2/t17-,18-/m1/s1. The largest absolute Gasteiger partial charge is 0.391 e. The highest BCUT2D eigenvalue weighted by Gasteiger charge is 2.36. The Balaban J connectivity index is 1.67. The number of carbonyl (C=O) groups is 1. The fourth-order valence-electron chi connectivity index (χ4n) is 3.38. The van der Waals surface area contributed by atoms with E-state index in [1.165, 1.54) is 12.1 Å². The lowest BCUT2D eigenvalue weighted by Gasteiger charge is -2.24. The second-order valence-corrected chi connectivity index (χ2v) is 6.18. The molecule has 3 heterocycles. The van der Waals surface area contributed by atoms with Crippen molar-refractivity contribution in [3.05, 3.63) is 77.9 Å². The first kappa shape index (κ1) is 14.9. The van der Waals surface area contributed by atoms with Crippen molar-refractivity contribution < 1.29 is 14.3 Å². The number of β-amino-alcohol motifs (C(OH)–C–C–N with tert-alkyl or cyclic N) is 1. The molecule has 24 heavy (non-hydrogen) atoms. The molecule has 4 nitrogen and oxygen atoms in total. The summed E-state index contributed by atoms with van der Waals surface area (Å²) in [7, 11) is 0. The second-order valence-electron chi connectivity index (χ2n) is 6.18. The van der Waals surface area contributed by atoms with Gasteiger partial charge in [0.1, 0.15) is 5.82 Å². The SMILES string of the molecule is O=C(c1cc2ccccn2c1)N1C[C@H](O)C[C@@H]1c1ccc(F)cc1. The Labute approximate surface area is 138 Å². The molecule has 1 amide bonds. The van der Waals surface area contributed by atoms with Crippen LogP contribution in [0.25, 0.3) is 5.52 Å². The predicted octanol–water partition coefficient (Wildman–Crippen LogP) is 3.03. The van der Waals surface area contributed by atoms with E-state index >= 15 is 0 Å². The number of pyridine rings is 1. The number of benzene rings is 1. The van der Waals surface area contributed by atoms with Crippen molar-refractivity contribution >= 4 is 11.4 Å². The van der Waals surface area contributed by atoms with Crippen molar-refractivity contribution in [2.24, 2.45) is 0 Å². The van der Waals surface area contributed by atoms with Gasteiger partial charge in [-0.15, -0.1) is 0 Å². The Kier molecular flexibility index (Phi) is 3.58. The minimum atomic E-state index is -0.568. The van der Waals surface area contributed by atoms with Crippen LogP contribution < -0.4 is 0 Å². The molecule has 2 atom stereocenters. The van der Waals surface area contributed by atoms with Gasteiger partial charge in [-0.25, -0.2) is 4.39 Å². The van der Waals surface area contributed by atoms with Gasteiger partial charge in [0.2, 0.25) is 0 Å². The van der Waals surface area contributed by atoms with Gasteiger partial charge >= 0.3 is 0 Å². The predicted molar refractivity (Wildman–Crippen MR) is 88.2 cm³/mol. The van der Waals surface area contributed by atoms with Gasteiger partial charge < -0.3 is 14.4 Å². The minimum absolute atomic E-state index is 0.121. The summed E-state index contributed by atoms with van der Waals surface area (Å²) >= 11 is 0. The third kappa shape index (κ3) is 2.57. The Hall–Kier alpha value is -2.66. The lowest BCUT2D eigenvalue weighted by atomic mass is 10.0. The molecule has 0 radical (unpaired) electrons. The molecule has 2 aromatic heterocycles. The van der Waals surface area contributed by atoms with E-state index in [-0.39, 0.29) is 24.3 Å². The van der Waals surface area contributed by atoms with Crippen LogP contribution in [0.4, 0.5) is 4.39 Å². The molecule has 1 saturated heterocycles. The van der Waals surface area contributed by atoms with Gasteiger partial charge in [0.15, 0.2) is 0 Å². The molecule has 0 saturated carbocycles. The zero-order chi connectivity index (χ0) is 16.7. The van der Waals surface area contributed by atoms with Gasteiger partial charge in [0, 0.05) is 24.5 Å². The first-order valence-corrected chi connectivity index (χ1v) is 7.93. The van der Waals surface area contributed by atoms with Crippen LogP contribution in [0.5, 0.6) is 0 Å². The van der Waals surface area contributed by atoms with Gasteiger partial charge in [-0.3, -0.25) is 4.79 Å². The summed E-state index contributed by atoms with van der Waals surface area (Å²) in [5.41, 5.74) is 2.37. The van der Waals surface area contributed by atoms with E-state index in [4.69, 9.17) is 0 Å². The van der Waals surface area contributed by atoms with Crippen LogP contribution in [0.1, 0.15) is 28.4 Å². The summed E-state index contributed by atoms with van der Waals surface area (Å²) in [4.78, 5) is 14.6. The van der Waals surface area contributed by atoms with E-state index in [1.807, 2.05) is 34.9 Å². The number of nitrogens with zero attached hydrogens (tertiary/aromatic N) is 2. The molecule has 1 aromatic carbocycles. The summed E-state index contributed by atoms with van der Waals surface area (Å²) in [6.45, 7) is 0.285. The van der Waals surface area contributed by atoms with Gasteiger partial charge in [-0.1, -0.05) is 18.2 Å². The number of aliphatic hydroxyl groups excluding tert-OH is 1. The van der Waals surface area contributed by atoms with Crippen molar-refractivity contribution in [2.75, 3.05) is 6.54 Å². The number of likely N-dealkylation sites (tertiary alicyclic amines) is 1. The molecular formula is C19H17FN2O2. The van der Waals surface area contributed by atoms with Crippen LogP contribution in [0.2, 0.25) is 0 Å². The molecule has 0 bridgehead atoms. The first-order chi connectivity index (χ1) is 11.6. The summed E-state index contributed by atoms with van der Waals surface area (Å²) in [5.74, 6) is -0.432. The highest BCUT2D eigenvalue weighted by Crippen LogP contribution is 2.33. The number of hydrogen-bond donors (Lipinski definition) is 1. The molecule has 122 valence electrons.